The molecule has 0 saturated heterocycles. The molecule has 0 spiro atoms. The minimum absolute atomic E-state index is 0.0259. The highest BCUT2D eigenvalue weighted by atomic mass is 16.5. The molecule has 2 aliphatic carbocycles. The van der Waals surface area contributed by atoms with Crippen LogP contribution in [0.25, 0.3) is 0 Å². The summed E-state index contributed by atoms with van der Waals surface area (Å²) in [7, 11) is 0. The normalized spacial score (nSPS) is 30.8. The van der Waals surface area contributed by atoms with E-state index in [4.69, 9.17) is 4.74 Å². The molecule has 110 valence electrons. The van der Waals surface area contributed by atoms with E-state index in [0.717, 1.165) is 38.5 Å². The third-order valence-electron chi connectivity index (χ3n) is 4.36. The van der Waals surface area contributed by atoms with E-state index in [1.54, 1.807) is 0 Å². The minimum atomic E-state index is -0.373. The highest BCUT2D eigenvalue weighted by Gasteiger charge is 2.25. The molecule has 1 amide bonds. The van der Waals surface area contributed by atoms with Gasteiger partial charge in [0, 0.05) is 6.04 Å². The highest BCUT2D eigenvalue weighted by molar-refractivity contribution is 5.80. The minimum Gasteiger partial charge on any atom is -0.393 e. The van der Waals surface area contributed by atoms with Crippen molar-refractivity contribution in [1.29, 1.82) is 0 Å². The van der Waals surface area contributed by atoms with E-state index in [2.05, 4.69) is 5.32 Å². The molecule has 1 unspecified atom stereocenters. The molecule has 0 aromatic rings. The number of rotatable bonds is 4. The molecule has 1 atom stereocenters. The van der Waals surface area contributed by atoms with Gasteiger partial charge in [-0.25, -0.2) is 0 Å². The average Bonchev–Trinajstić information content (AvgIpc) is 2.42. The van der Waals surface area contributed by atoms with E-state index in [0.29, 0.717) is 6.04 Å². The third kappa shape index (κ3) is 4.77. The summed E-state index contributed by atoms with van der Waals surface area (Å²) in [5.41, 5.74) is 0. The lowest BCUT2D eigenvalue weighted by Crippen LogP contribution is -2.43. The smallest absolute Gasteiger partial charge is 0.249 e. The Labute approximate surface area is 115 Å². The van der Waals surface area contributed by atoms with Gasteiger partial charge in [-0.05, 0) is 45.4 Å². The monoisotopic (exact) mass is 269 g/mol. The first-order chi connectivity index (χ1) is 9.15. The Hall–Kier alpha value is -0.610. The fourth-order valence-electron chi connectivity index (χ4n) is 3.10. The van der Waals surface area contributed by atoms with Gasteiger partial charge in [0.1, 0.15) is 6.10 Å². The fourth-order valence-corrected chi connectivity index (χ4v) is 3.10. The van der Waals surface area contributed by atoms with Crippen molar-refractivity contribution in [2.45, 2.75) is 89.1 Å². The first-order valence-corrected chi connectivity index (χ1v) is 7.79. The molecule has 2 aliphatic rings. The van der Waals surface area contributed by atoms with Crippen molar-refractivity contribution in [3.63, 3.8) is 0 Å². The summed E-state index contributed by atoms with van der Waals surface area (Å²) < 4.78 is 5.82. The van der Waals surface area contributed by atoms with Crippen LogP contribution in [0.4, 0.5) is 0 Å². The van der Waals surface area contributed by atoms with Crippen LogP contribution in [0.15, 0.2) is 0 Å². The van der Waals surface area contributed by atoms with Gasteiger partial charge in [0.2, 0.25) is 5.91 Å². The van der Waals surface area contributed by atoms with E-state index in [9.17, 15) is 9.90 Å². The second-order valence-corrected chi connectivity index (χ2v) is 6.05. The van der Waals surface area contributed by atoms with Gasteiger partial charge in [0.15, 0.2) is 0 Å². The molecular formula is C15H27NO3. The van der Waals surface area contributed by atoms with Crippen molar-refractivity contribution < 1.29 is 14.6 Å². The maximum Gasteiger partial charge on any atom is 0.249 e. The zero-order chi connectivity index (χ0) is 13.7. The lowest BCUT2D eigenvalue weighted by atomic mass is 9.94. The number of amides is 1. The maximum atomic E-state index is 12.1. The molecule has 19 heavy (non-hydrogen) atoms. The van der Waals surface area contributed by atoms with Crippen LogP contribution in [-0.2, 0) is 9.53 Å². The van der Waals surface area contributed by atoms with Crippen molar-refractivity contribution >= 4 is 5.91 Å². The van der Waals surface area contributed by atoms with Crippen LogP contribution < -0.4 is 5.32 Å². The first-order valence-electron chi connectivity index (χ1n) is 7.79. The Morgan fingerprint density at radius 3 is 2.37 bits per heavy atom. The Bertz CT molecular complexity index is 281. The van der Waals surface area contributed by atoms with Crippen LogP contribution in [0.5, 0.6) is 0 Å². The SMILES string of the molecule is CC(OC1CCC(O)CC1)C(=O)NC1CCCCC1. The molecule has 0 aromatic heterocycles. The van der Waals surface area contributed by atoms with E-state index in [1.165, 1.54) is 19.3 Å². The van der Waals surface area contributed by atoms with Gasteiger partial charge < -0.3 is 15.2 Å². The predicted molar refractivity (Wildman–Crippen MR) is 73.8 cm³/mol. The van der Waals surface area contributed by atoms with Gasteiger partial charge in [-0.15, -0.1) is 0 Å². The molecule has 0 aliphatic heterocycles. The number of ether oxygens (including phenoxy) is 1. The lowest BCUT2D eigenvalue weighted by molar-refractivity contribution is -0.138. The molecule has 2 fully saturated rings. The van der Waals surface area contributed by atoms with Gasteiger partial charge in [-0.3, -0.25) is 4.79 Å². The maximum absolute atomic E-state index is 12.1. The topological polar surface area (TPSA) is 58.6 Å². The quantitative estimate of drug-likeness (QED) is 0.822. The zero-order valence-corrected chi connectivity index (χ0v) is 11.9. The number of carbonyl (C=O) groups excluding carboxylic acids is 1. The second-order valence-electron chi connectivity index (χ2n) is 6.05. The fraction of sp³-hybridized carbons (Fsp3) is 0.933. The molecule has 2 saturated carbocycles. The van der Waals surface area contributed by atoms with Crippen molar-refractivity contribution in [2.75, 3.05) is 0 Å². The van der Waals surface area contributed by atoms with E-state index in [1.807, 2.05) is 6.92 Å². The molecule has 4 heteroatoms. The number of carbonyl (C=O) groups is 1. The second kappa shape index (κ2) is 7.25. The van der Waals surface area contributed by atoms with Gasteiger partial charge in [-0.1, -0.05) is 19.3 Å². The Morgan fingerprint density at radius 2 is 1.74 bits per heavy atom. The molecular weight excluding hydrogens is 242 g/mol. The van der Waals surface area contributed by atoms with Crippen molar-refractivity contribution in [3.8, 4) is 0 Å². The van der Waals surface area contributed by atoms with Gasteiger partial charge >= 0.3 is 0 Å². The van der Waals surface area contributed by atoms with Crippen LogP contribution in [0.3, 0.4) is 0 Å². The van der Waals surface area contributed by atoms with Crippen LogP contribution in [0.2, 0.25) is 0 Å². The van der Waals surface area contributed by atoms with Crippen molar-refractivity contribution in [1.82, 2.24) is 5.32 Å². The number of nitrogens with one attached hydrogen (secondary N) is 1. The summed E-state index contributed by atoms with van der Waals surface area (Å²) in [6.07, 6.45) is 8.85. The van der Waals surface area contributed by atoms with E-state index in [-0.39, 0.29) is 24.2 Å². The number of aliphatic hydroxyl groups excluding tert-OH is 1. The molecule has 0 radical (unpaired) electrons. The highest BCUT2D eigenvalue weighted by Crippen LogP contribution is 2.22. The van der Waals surface area contributed by atoms with Crippen LogP contribution in [-0.4, -0.2) is 35.4 Å². The van der Waals surface area contributed by atoms with Gasteiger partial charge in [0.25, 0.3) is 0 Å². The summed E-state index contributed by atoms with van der Waals surface area (Å²) in [6, 6.07) is 0.348. The van der Waals surface area contributed by atoms with E-state index >= 15 is 0 Å². The van der Waals surface area contributed by atoms with Crippen LogP contribution >= 0.6 is 0 Å². The average molecular weight is 269 g/mol. The number of aliphatic hydroxyl groups is 1. The number of hydrogen-bond donors (Lipinski definition) is 2. The summed E-state index contributed by atoms with van der Waals surface area (Å²) in [5.74, 6) is 0.0259. The number of hydrogen-bond acceptors (Lipinski definition) is 3. The lowest BCUT2D eigenvalue weighted by Gasteiger charge is -2.29. The standard InChI is InChI=1S/C15H27NO3/c1-11(19-14-9-7-13(17)8-10-14)15(18)16-12-5-3-2-4-6-12/h11-14,17H,2-10H2,1H3,(H,16,18). The summed E-state index contributed by atoms with van der Waals surface area (Å²) in [6.45, 7) is 1.84. The summed E-state index contributed by atoms with van der Waals surface area (Å²) >= 11 is 0. The van der Waals surface area contributed by atoms with Gasteiger partial charge in [0.05, 0.1) is 12.2 Å². The van der Waals surface area contributed by atoms with Crippen LogP contribution in [0.1, 0.15) is 64.7 Å². The molecule has 4 nitrogen and oxygen atoms in total. The Kier molecular flexibility index (Phi) is 5.64. The first kappa shape index (κ1) is 14.8. The largest absolute Gasteiger partial charge is 0.393 e. The third-order valence-corrected chi connectivity index (χ3v) is 4.36. The summed E-state index contributed by atoms with van der Waals surface area (Å²) in [5, 5.41) is 12.6. The van der Waals surface area contributed by atoms with Gasteiger partial charge in [-0.2, -0.15) is 0 Å². The van der Waals surface area contributed by atoms with Crippen molar-refractivity contribution in [3.05, 3.63) is 0 Å². The molecule has 0 aromatic carbocycles. The van der Waals surface area contributed by atoms with Crippen LogP contribution in [0, 0.1) is 0 Å². The molecule has 0 bridgehead atoms. The predicted octanol–water partition coefficient (Wildman–Crippen LogP) is 2.14. The summed E-state index contributed by atoms with van der Waals surface area (Å²) in [4.78, 5) is 12.1. The molecule has 2 N–H and O–H groups in total. The Morgan fingerprint density at radius 1 is 1.11 bits per heavy atom. The van der Waals surface area contributed by atoms with E-state index < -0.39 is 0 Å². The Balaban J connectivity index is 1.69. The zero-order valence-electron chi connectivity index (χ0n) is 11.9. The van der Waals surface area contributed by atoms with Crippen molar-refractivity contribution in [2.24, 2.45) is 0 Å². The molecule has 2 rings (SSSR count). The molecule has 0 heterocycles.